The van der Waals surface area contributed by atoms with Gasteiger partial charge in [0.15, 0.2) is 5.78 Å². The Labute approximate surface area is 145 Å². The maximum atomic E-state index is 12.1. The average Bonchev–Trinajstić information content (AvgIpc) is 2.51. The van der Waals surface area contributed by atoms with Crippen molar-refractivity contribution in [2.75, 3.05) is 20.1 Å². The lowest BCUT2D eigenvalue weighted by molar-refractivity contribution is -0.131. The standard InChI is InChI=1S/C18H28N2O2.ClH/c1-5-14-6-8-15(9-7-14)16(21)10-11-17(22)20(4)13-18(2,3)12-19;/h6-9H,5,10-13,19H2,1-4H3;1H. The molecule has 1 aromatic rings. The van der Waals surface area contributed by atoms with Gasteiger partial charge in [0, 0.05) is 32.0 Å². The highest BCUT2D eigenvalue weighted by molar-refractivity contribution is 5.97. The summed E-state index contributed by atoms with van der Waals surface area (Å²) in [5.74, 6) is 0.00235. The Morgan fingerprint density at radius 1 is 1.13 bits per heavy atom. The summed E-state index contributed by atoms with van der Waals surface area (Å²) in [6.07, 6.45) is 1.44. The summed E-state index contributed by atoms with van der Waals surface area (Å²) in [7, 11) is 1.76. The van der Waals surface area contributed by atoms with Crippen molar-refractivity contribution >= 4 is 24.1 Å². The molecule has 5 heteroatoms. The van der Waals surface area contributed by atoms with Crippen LogP contribution in [-0.4, -0.2) is 36.7 Å². The fraction of sp³-hybridized carbons (Fsp3) is 0.556. The van der Waals surface area contributed by atoms with Gasteiger partial charge in [0.1, 0.15) is 0 Å². The number of nitrogens with two attached hydrogens (primary N) is 1. The van der Waals surface area contributed by atoms with Crippen LogP contribution in [0.4, 0.5) is 0 Å². The predicted octanol–water partition coefficient (Wildman–Crippen LogP) is 3.08. The second-order valence-corrected chi connectivity index (χ2v) is 6.59. The van der Waals surface area contributed by atoms with E-state index >= 15 is 0 Å². The van der Waals surface area contributed by atoms with E-state index < -0.39 is 0 Å². The zero-order valence-corrected chi connectivity index (χ0v) is 15.4. The van der Waals surface area contributed by atoms with E-state index in [9.17, 15) is 9.59 Å². The Hall–Kier alpha value is -1.39. The minimum Gasteiger partial charge on any atom is -0.345 e. The topological polar surface area (TPSA) is 63.4 Å². The van der Waals surface area contributed by atoms with Gasteiger partial charge in [-0.25, -0.2) is 0 Å². The molecule has 0 saturated carbocycles. The highest BCUT2D eigenvalue weighted by Gasteiger charge is 2.21. The van der Waals surface area contributed by atoms with Crippen LogP contribution in [-0.2, 0) is 11.2 Å². The van der Waals surface area contributed by atoms with Gasteiger partial charge < -0.3 is 10.6 Å². The number of Topliss-reactive ketones (excluding diaryl/α,β-unsaturated/α-hetero) is 1. The molecule has 23 heavy (non-hydrogen) atoms. The molecule has 0 aliphatic carbocycles. The van der Waals surface area contributed by atoms with Gasteiger partial charge in [-0.3, -0.25) is 9.59 Å². The van der Waals surface area contributed by atoms with Crippen LogP contribution < -0.4 is 5.73 Å². The second-order valence-electron chi connectivity index (χ2n) is 6.59. The molecule has 0 spiro atoms. The van der Waals surface area contributed by atoms with Crippen LogP contribution in [0.2, 0.25) is 0 Å². The molecule has 0 aliphatic rings. The van der Waals surface area contributed by atoms with Crippen molar-refractivity contribution in [1.82, 2.24) is 4.90 Å². The number of hydrogen-bond acceptors (Lipinski definition) is 3. The lowest BCUT2D eigenvalue weighted by Gasteiger charge is -2.29. The molecule has 1 amide bonds. The molecular formula is C18H29ClN2O2. The number of amides is 1. The molecule has 0 aliphatic heterocycles. The maximum absolute atomic E-state index is 12.1. The number of carbonyl (C=O) groups excluding carboxylic acids is 2. The number of halogens is 1. The molecule has 0 fully saturated rings. The van der Waals surface area contributed by atoms with E-state index in [0.717, 1.165) is 6.42 Å². The Kier molecular flexibility index (Phi) is 9.10. The van der Waals surface area contributed by atoms with Crippen LogP contribution in [0.25, 0.3) is 0 Å². The zero-order valence-electron chi connectivity index (χ0n) is 14.6. The molecule has 0 unspecified atom stereocenters. The van der Waals surface area contributed by atoms with E-state index in [2.05, 4.69) is 6.92 Å². The van der Waals surface area contributed by atoms with Gasteiger partial charge in [-0.15, -0.1) is 12.4 Å². The monoisotopic (exact) mass is 340 g/mol. The Morgan fingerprint density at radius 2 is 1.70 bits per heavy atom. The van der Waals surface area contributed by atoms with Crippen LogP contribution in [0.15, 0.2) is 24.3 Å². The first-order chi connectivity index (χ1) is 10.3. The molecule has 0 bridgehead atoms. The molecule has 0 radical (unpaired) electrons. The molecule has 1 rings (SSSR count). The quantitative estimate of drug-likeness (QED) is 0.740. The van der Waals surface area contributed by atoms with Crippen molar-refractivity contribution in [3.63, 3.8) is 0 Å². The van der Waals surface area contributed by atoms with Crippen molar-refractivity contribution in [3.05, 3.63) is 35.4 Å². The number of aryl methyl sites for hydroxylation is 1. The highest BCUT2D eigenvalue weighted by atomic mass is 35.5. The van der Waals surface area contributed by atoms with Crippen LogP contribution in [0.1, 0.15) is 49.5 Å². The number of hydrogen-bond donors (Lipinski definition) is 1. The summed E-state index contributed by atoms with van der Waals surface area (Å²) >= 11 is 0. The minimum absolute atomic E-state index is 0. The van der Waals surface area contributed by atoms with Crippen LogP contribution in [0, 0.1) is 5.41 Å². The van der Waals surface area contributed by atoms with E-state index in [0.29, 0.717) is 18.7 Å². The van der Waals surface area contributed by atoms with Gasteiger partial charge >= 0.3 is 0 Å². The Morgan fingerprint density at radius 3 is 2.17 bits per heavy atom. The Balaban J connectivity index is 0.00000484. The first-order valence-corrected chi connectivity index (χ1v) is 7.85. The van der Waals surface area contributed by atoms with Gasteiger partial charge in [0.2, 0.25) is 5.91 Å². The average molecular weight is 341 g/mol. The number of nitrogens with zero attached hydrogens (tertiary/aromatic N) is 1. The van der Waals surface area contributed by atoms with Gasteiger partial charge in [-0.05, 0) is 23.9 Å². The summed E-state index contributed by atoms with van der Waals surface area (Å²) in [4.78, 5) is 25.9. The third kappa shape index (κ3) is 7.14. The van der Waals surface area contributed by atoms with Crippen LogP contribution in [0.3, 0.4) is 0 Å². The normalized spacial score (nSPS) is 10.8. The molecule has 0 saturated heterocycles. The third-order valence-corrected chi connectivity index (χ3v) is 3.89. The summed E-state index contributed by atoms with van der Waals surface area (Å²) in [6, 6.07) is 7.61. The predicted molar refractivity (Wildman–Crippen MR) is 97.1 cm³/mol. The first-order valence-electron chi connectivity index (χ1n) is 7.85. The lowest BCUT2D eigenvalue weighted by atomic mass is 9.93. The van der Waals surface area contributed by atoms with E-state index in [-0.39, 0.29) is 42.4 Å². The second kappa shape index (κ2) is 9.68. The van der Waals surface area contributed by atoms with Gasteiger partial charge in [0.25, 0.3) is 0 Å². The fourth-order valence-corrected chi connectivity index (χ4v) is 2.28. The van der Waals surface area contributed by atoms with Crippen LogP contribution >= 0.6 is 12.4 Å². The number of carbonyl (C=O) groups is 2. The summed E-state index contributed by atoms with van der Waals surface area (Å²) in [5.41, 5.74) is 7.46. The van der Waals surface area contributed by atoms with Crippen molar-refractivity contribution in [2.45, 2.75) is 40.0 Å². The minimum atomic E-state index is -0.107. The molecule has 4 nitrogen and oxygen atoms in total. The maximum Gasteiger partial charge on any atom is 0.222 e. The molecule has 2 N–H and O–H groups in total. The largest absolute Gasteiger partial charge is 0.345 e. The van der Waals surface area contributed by atoms with Crippen LogP contribution in [0.5, 0.6) is 0 Å². The van der Waals surface area contributed by atoms with Gasteiger partial charge in [-0.2, -0.15) is 0 Å². The zero-order chi connectivity index (χ0) is 16.8. The summed E-state index contributed by atoms with van der Waals surface area (Å²) < 4.78 is 0. The highest BCUT2D eigenvalue weighted by Crippen LogP contribution is 2.15. The van der Waals surface area contributed by atoms with Crippen molar-refractivity contribution < 1.29 is 9.59 Å². The first kappa shape index (κ1) is 21.6. The van der Waals surface area contributed by atoms with Gasteiger partial charge in [-0.1, -0.05) is 45.0 Å². The molecule has 1 aromatic carbocycles. The molecule has 0 aromatic heterocycles. The smallest absolute Gasteiger partial charge is 0.222 e. The SMILES string of the molecule is CCc1ccc(C(=O)CCC(=O)N(C)CC(C)(C)CN)cc1.Cl. The fourth-order valence-electron chi connectivity index (χ4n) is 2.28. The van der Waals surface area contributed by atoms with Crippen molar-refractivity contribution in [3.8, 4) is 0 Å². The third-order valence-electron chi connectivity index (χ3n) is 3.89. The number of ketones is 1. The molecule has 0 heterocycles. The molecule has 0 atom stereocenters. The van der Waals surface area contributed by atoms with E-state index in [4.69, 9.17) is 5.73 Å². The summed E-state index contributed by atoms with van der Waals surface area (Å²) in [5, 5.41) is 0. The molecule has 130 valence electrons. The summed E-state index contributed by atoms with van der Waals surface area (Å²) in [6.45, 7) is 7.25. The lowest BCUT2D eigenvalue weighted by Crippen LogP contribution is -2.39. The van der Waals surface area contributed by atoms with E-state index in [1.807, 2.05) is 38.1 Å². The molecular weight excluding hydrogens is 312 g/mol. The van der Waals surface area contributed by atoms with E-state index in [1.54, 1.807) is 11.9 Å². The van der Waals surface area contributed by atoms with Gasteiger partial charge in [0.05, 0.1) is 0 Å². The van der Waals surface area contributed by atoms with Crippen molar-refractivity contribution in [2.24, 2.45) is 11.1 Å². The Bertz CT molecular complexity index is 512. The number of rotatable bonds is 8. The number of benzene rings is 1. The van der Waals surface area contributed by atoms with E-state index in [1.165, 1.54) is 5.56 Å². The van der Waals surface area contributed by atoms with Crippen molar-refractivity contribution in [1.29, 1.82) is 0 Å².